The summed E-state index contributed by atoms with van der Waals surface area (Å²) in [6.45, 7) is 16.8. The first-order chi connectivity index (χ1) is 53.6. The molecule has 108 heavy (non-hydrogen) atoms. The first kappa shape index (κ1) is 64.8. The summed E-state index contributed by atoms with van der Waals surface area (Å²) in [4.78, 5) is 18.5. The second-order valence-electron chi connectivity index (χ2n) is 29.0. The van der Waals surface area contributed by atoms with Gasteiger partial charge in [0, 0.05) is 120 Å². The van der Waals surface area contributed by atoms with E-state index >= 15 is 0 Å². The minimum Gasteiger partial charge on any atom is -0.437 e. The topological polar surface area (TPSA) is 120 Å². The van der Waals surface area contributed by atoms with E-state index in [1.807, 2.05) is 111 Å². The SMILES string of the molecule is CCc1cc[n+](C)c(-c2c(C)ccc3c2oc2ncc4ccccc4c23)c1.Cc1cc[n+](C)c(-c2c(C)ccc3c2oc2ncc4ccccc4c23)c1.Cc1ccc2c(oc3ncc4ccccc4c32)c1-c1cc(C(C)C)cc[n+]1C.[2H]C([2H])([2H])c1cc(C)c(-c2cccc[n+]2C)c2oc3nc(C)c4ccccc4c3c12. The molecule has 0 aliphatic heterocycles. The third-order valence-corrected chi connectivity index (χ3v) is 21.6. The van der Waals surface area contributed by atoms with Gasteiger partial charge in [-0.15, -0.1) is 0 Å². The largest absolute Gasteiger partial charge is 0.437 e. The maximum absolute atomic E-state index is 8.20. The van der Waals surface area contributed by atoms with Crippen molar-refractivity contribution in [2.45, 2.75) is 81.5 Å². The lowest BCUT2D eigenvalue weighted by Crippen LogP contribution is -2.31. The van der Waals surface area contributed by atoms with Crippen LogP contribution in [0.2, 0.25) is 0 Å². The number of rotatable bonds is 6. The predicted molar refractivity (Wildman–Crippen MR) is 439 cm³/mol. The van der Waals surface area contributed by atoms with Crippen molar-refractivity contribution in [3.8, 4) is 45.0 Å². The Morgan fingerprint density at radius 1 is 0.352 bits per heavy atom. The monoisotopic (exact) mass is 1420 g/mol. The van der Waals surface area contributed by atoms with Crippen LogP contribution in [0.15, 0.2) is 255 Å². The van der Waals surface area contributed by atoms with Crippen LogP contribution in [-0.4, -0.2) is 19.9 Å². The van der Waals surface area contributed by atoms with Crippen molar-refractivity contribution < 1.29 is 40.0 Å². The van der Waals surface area contributed by atoms with Gasteiger partial charge in [-0.05, 0) is 133 Å². The highest BCUT2D eigenvalue weighted by Crippen LogP contribution is 2.45. The van der Waals surface area contributed by atoms with Gasteiger partial charge in [-0.1, -0.05) is 160 Å². The van der Waals surface area contributed by atoms with Gasteiger partial charge in [-0.2, -0.15) is 0 Å². The Kier molecular flexibility index (Phi) is 16.4. The molecule has 12 nitrogen and oxygen atoms in total. The molecule has 0 aliphatic rings. The molecular formula is C96H84N8O4+4. The molecule has 20 aromatic rings. The van der Waals surface area contributed by atoms with Crippen molar-refractivity contribution >= 4 is 131 Å². The highest BCUT2D eigenvalue weighted by atomic mass is 16.4. The van der Waals surface area contributed by atoms with E-state index in [1.54, 1.807) is 6.07 Å². The second-order valence-corrected chi connectivity index (χ2v) is 29.0. The molecule has 0 radical (unpaired) electrons. The second kappa shape index (κ2) is 27.3. The van der Waals surface area contributed by atoms with E-state index < -0.39 is 6.85 Å². The Labute approximate surface area is 630 Å². The van der Waals surface area contributed by atoms with E-state index in [0.29, 0.717) is 45.3 Å². The molecule has 0 bridgehead atoms. The smallest absolute Gasteiger partial charge is 0.228 e. The van der Waals surface area contributed by atoms with Gasteiger partial charge in [0.1, 0.15) is 28.2 Å². The summed E-state index contributed by atoms with van der Waals surface area (Å²) in [5.74, 6) is 0.473. The average Bonchev–Trinajstić information content (AvgIpc) is 1.59. The van der Waals surface area contributed by atoms with E-state index in [-0.39, 0.29) is 0 Å². The molecule has 0 unspecified atom stereocenters. The molecule has 0 saturated carbocycles. The number of hydrogen-bond donors (Lipinski definition) is 0. The summed E-state index contributed by atoms with van der Waals surface area (Å²) >= 11 is 0. The third kappa shape index (κ3) is 11.6. The number of fused-ring (bicyclic) bond motifs is 20. The zero-order chi connectivity index (χ0) is 77.0. The zero-order valence-electron chi connectivity index (χ0n) is 66.0. The molecule has 528 valence electrons. The van der Waals surface area contributed by atoms with Gasteiger partial charge < -0.3 is 17.7 Å². The first-order valence-electron chi connectivity index (χ1n) is 38.4. The van der Waals surface area contributed by atoms with Crippen LogP contribution in [-0.2, 0) is 34.6 Å². The number of furan rings is 4. The molecule has 20 rings (SSSR count). The minimum absolute atomic E-state index is 0.298. The van der Waals surface area contributed by atoms with Crippen molar-refractivity contribution in [1.82, 2.24) is 19.9 Å². The van der Waals surface area contributed by atoms with Crippen molar-refractivity contribution in [2.24, 2.45) is 28.2 Å². The molecular weight excluding hydrogens is 1330 g/mol. The average molecular weight is 1420 g/mol. The lowest BCUT2D eigenvalue weighted by Gasteiger charge is -2.09. The Morgan fingerprint density at radius 2 is 0.778 bits per heavy atom. The number of aromatic nitrogens is 8. The predicted octanol–water partition coefficient (Wildman–Crippen LogP) is 22.3. The van der Waals surface area contributed by atoms with E-state index in [2.05, 4.69) is 244 Å². The molecule has 0 aliphatic carbocycles. The number of benzene rings is 8. The van der Waals surface area contributed by atoms with Crippen LogP contribution in [0.3, 0.4) is 0 Å². The van der Waals surface area contributed by atoms with Gasteiger partial charge in [-0.3, -0.25) is 0 Å². The van der Waals surface area contributed by atoms with E-state index in [9.17, 15) is 0 Å². The van der Waals surface area contributed by atoms with Gasteiger partial charge in [0.05, 0.1) is 43.8 Å². The summed E-state index contributed by atoms with van der Waals surface area (Å²) in [6, 6.07) is 67.0. The van der Waals surface area contributed by atoms with Crippen LogP contribution < -0.4 is 18.3 Å². The summed E-state index contributed by atoms with van der Waals surface area (Å²) in [5.41, 5.74) is 24.1. The normalized spacial score (nSPS) is 12.3. The standard InChI is InChI=1S/C25H23N2O.2C24H21N2O.C23H19N2O/c1-15(2)17-11-12-27(4)21(13-17)22-16(3)9-10-20-23-19-8-6-5-7-18(19)14-26-25(23)28-24(20)22;1-14-13-15(2)21-22-18-10-6-5-9-17(18)16(3)25-24(22)27-23(21)20(14)19-11-7-8-12-26(19)4;1-4-16-11-12-26(3)20(13-16)21-15(2)9-10-19-22-18-8-6-5-7-17(18)14-25-24(22)27-23(19)21;1-14-10-11-25(3)19(12-14)20-15(2)8-9-18-21-17-7-5-4-6-16(17)13-24-23(21)26-22(18)20/h5-15H,1-4H3;5-13H,1-4H3;5-14H,4H2,1-3H3;4-13H,1-3H3/q4*+1/i;2D3;;. The fraction of sp³-hybridized carbons (Fsp3) is 0.167. The van der Waals surface area contributed by atoms with E-state index in [4.69, 9.17) is 26.8 Å². The molecule has 0 atom stereocenters. The van der Waals surface area contributed by atoms with Gasteiger partial charge in [0.25, 0.3) is 0 Å². The summed E-state index contributed by atoms with van der Waals surface area (Å²) < 4.78 is 58.4. The van der Waals surface area contributed by atoms with Crippen LogP contribution in [0.4, 0.5) is 0 Å². The molecule has 0 amide bonds. The lowest BCUT2D eigenvalue weighted by molar-refractivity contribution is -0.660. The van der Waals surface area contributed by atoms with Crippen molar-refractivity contribution in [1.29, 1.82) is 0 Å². The van der Waals surface area contributed by atoms with Crippen LogP contribution in [0.1, 0.15) is 81.0 Å². The Balaban J connectivity index is 0.000000108. The van der Waals surface area contributed by atoms with Crippen LogP contribution >= 0.6 is 0 Å². The molecule has 0 fully saturated rings. The Morgan fingerprint density at radius 3 is 1.27 bits per heavy atom. The van der Waals surface area contributed by atoms with Crippen LogP contribution in [0, 0.1) is 48.4 Å². The summed E-state index contributed by atoms with van der Waals surface area (Å²) in [7, 11) is 8.22. The van der Waals surface area contributed by atoms with Crippen molar-refractivity contribution in [2.75, 3.05) is 0 Å². The third-order valence-electron chi connectivity index (χ3n) is 21.6. The van der Waals surface area contributed by atoms with Crippen LogP contribution in [0.25, 0.3) is 176 Å². The maximum atomic E-state index is 8.20. The van der Waals surface area contributed by atoms with Gasteiger partial charge >= 0.3 is 0 Å². The Hall–Kier alpha value is -12.8. The number of aryl methyl sites for hydroxylation is 12. The van der Waals surface area contributed by atoms with Crippen molar-refractivity contribution in [3.05, 3.63) is 288 Å². The minimum atomic E-state index is -2.27. The fourth-order valence-corrected chi connectivity index (χ4v) is 15.9. The maximum Gasteiger partial charge on any atom is 0.228 e. The number of pyridine rings is 8. The van der Waals surface area contributed by atoms with Crippen molar-refractivity contribution in [3.63, 3.8) is 0 Å². The number of nitrogens with zero attached hydrogens (tertiary/aromatic N) is 8. The highest BCUT2D eigenvalue weighted by molar-refractivity contribution is 6.23. The molecule has 0 N–H and O–H groups in total. The Bertz CT molecular complexity index is 7190. The quantitative estimate of drug-likeness (QED) is 0.151. The van der Waals surface area contributed by atoms with Gasteiger partial charge in [0.2, 0.25) is 45.6 Å². The first-order valence-corrected chi connectivity index (χ1v) is 36.9. The zero-order valence-corrected chi connectivity index (χ0v) is 63.0. The van der Waals surface area contributed by atoms with E-state index in [1.165, 1.54) is 55.2 Å². The molecule has 0 saturated heterocycles. The van der Waals surface area contributed by atoms with Crippen LogP contribution in [0.5, 0.6) is 0 Å². The van der Waals surface area contributed by atoms with E-state index in [0.717, 1.165) is 138 Å². The summed E-state index contributed by atoms with van der Waals surface area (Å²) in [6.07, 6.45) is 15.0. The molecule has 12 aromatic heterocycles. The van der Waals surface area contributed by atoms with Gasteiger partial charge in [0.15, 0.2) is 47.1 Å². The fourth-order valence-electron chi connectivity index (χ4n) is 15.9. The molecule has 12 heterocycles. The lowest BCUT2D eigenvalue weighted by atomic mass is 9.95. The molecule has 12 heteroatoms. The van der Waals surface area contributed by atoms with Gasteiger partial charge in [-0.25, -0.2) is 38.2 Å². The number of hydrogen-bond acceptors (Lipinski definition) is 8. The highest BCUT2D eigenvalue weighted by Gasteiger charge is 2.28. The molecule has 0 spiro atoms. The molecule has 8 aromatic carbocycles. The summed E-state index contributed by atoms with van der Waals surface area (Å²) in [5, 5.41) is 16.9.